The highest BCUT2D eigenvalue weighted by Gasteiger charge is 2.03. The number of hydrogen-bond donors (Lipinski definition) is 1. The average Bonchev–Trinajstić information content (AvgIpc) is 2.29. The van der Waals surface area contributed by atoms with Gasteiger partial charge in [-0.15, -0.1) is 0 Å². The fourth-order valence-corrected chi connectivity index (χ4v) is 1.47. The number of aromatic nitrogens is 3. The first-order chi connectivity index (χ1) is 7.78. The molecule has 0 bridgehead atoms. The minimum atomic E-state index is 0.387. The summed E-state index contributed by atoms with van der Waals surface area (Å²) in [4.78, 5) is 12.1. The van der Waals surface area contributed by atoms with Crippen LogP contribution in [-0.2, 0) is 0 Å². The zero-order valence-corrected chi connectivity index (χ0v) is 9.44. The van der Waals surface area contributed by atoms with Gasteiger partial charge in [0.05, 0.1) is 6.20 Å². The molecule has 0 aliphatic rings. The second kappa shape index (κ2) is 4.80. The van der Waals surface area contributed by atoms with Crippen LogP contribution in [0.5, 0.6) is 11.6 Å². The maximum atomic E-state index is 5.63. The first-order valence-electron chi connectivity index (χ1n) is 4.54. The van der Waals surface area contributed by atoms with E-state index in [0.717, 1.165) is 0 Å². The zero-order chi connectivity index (χ0) is 11.4. The van der Waals surface area contributed by atoms with Crippen molar-refractivity contribution in [2.24, 2.45) is 0 Å². The molecule has 0 aromatic carbocycles. The molecule has 2 N–H and O–H groups in total. The van der Waals surface area contributed by atoms with E-state index in [0.29, 0.717) is 22.6 Å². The Labute approximate surface area is 97.1 Å². The number of anilines is 1. The van der Waals surface area contributed by atoms with Crippen molar-refractivity contribution < 1.29 is 4.74 Å². The number of ether oxygens (including phenoxy) is 1. The maximum Gasteiger partial charge on any atom is 0.225 e. The molecular formula is C10H10N4OS. The first kappa shape index (κ1) is 10.7. The van der Waals surface area contributed by atoms with Crippen molar-refractivity contribution in [3.63, 3.8) is 0 Å². The predicted molar refractivity (Wildman–Crippen MR) is 62.5 cm³/mol. The summed E-state index contributed by atoms with van der Waals surface area (Å²) in [6.07, 6.45) is 5.16. The lowest BCUT2D eigenvalue weighted by Gasteiger charge is -2.05. The Bertz CT molecular complexity index is 478. The Balaban J connectivity index is 2.24. The van der Waals surface area contributed by atoms with Gasteiger partial charge in [-0.1, -0.05) is 11.8 Å². The monoisotopic (exact) mass is 234 g/mol. The summed E-state index contributed by atoms with van der Waals surface area (Å²) in [6.45, 7) is 0. The van der Waals surface area contributed by atoms with Crippen LogP contribution >= 0.6 is 11.8 Å². The molecular weight excluding hydrogens is 224 g/mol. The standard InChI is InChI=1S/C10H10N4OS/c1-16-10-13-8(11)5-9(14-10)15-7-3-2-4-12-6-7/h2-6H,1H3,(H2,11,13,14). The third-order valence-electron chi connectivity index (χ3n) is 1.74. The molecule has 2 aromatic rings. The number of rotatable bonds is 3. The van der Waals surface area contributed by atoms with Crippen molar-refractivity contribution in [1.29, 1.82) is 0 Å². The largest absolute Gasteiger partial charge is 0.437 e. The van der Waals surface area contributed by atoms with Crippen LogP contribution in [0.1, 0.15) is 0 Å². The van der Waals surface area contributed by atoms with E-state index < -0.39 is 0 Å². The Morgan fingerprint density at radius 1 is 1.38 bits per heavy atom. The SMILES string of the molecule is CSc1nc(N)cc(Oc2cccnc2)n1. The van der Waals surface area contributed by atoms with Crippen molar-refractivity contribution in [3.05, 3.63) is 30.6 Å². The second-order valence-electron chi connectivity index (χ2n) is 2.91. The van der Waals surface area contributed by atoms with Gasteiger partial charge in [0.15, 0.2) is 5.16 Å². The van der Waals surface area contributed by atoms with Crippen LogP contribution in [0.3, 0.4) is 0 Å². The molecule has 0 unspecified atom stereocenters. The van der Waals surface area contributed by atoms with Gasteiger partial charge in [-0.05, 0) is 18.4 Å². The normalized spacial score (nSPS) is 10.1. The van der Waals surface area contributed by atoms with E-state index in [2.05, 4.69) is 15.0 Å². The molecule has 6 heteroatoms. The van der Waals surface area contributed by atoms with Gasteiger partial charge >= 0.3 is 0 Å². The van der Waals surface area contributed by atoms with Gasteiger partial charge in [0.2, 0.25) is 5.88 Å². The lowest BCUT2D eigenvalue weighted by atomic mass is 10.5. The molecule has 0 aliphatic carbocycles. The smallest absolute Gasteiger partial charge is 0.225 e. The zero-order valence-electron chi connectivity index (χ0n) is 8.62. The first-order valence-corrected chi connectivity index (χ1v) is 5.77. The minimum Gasteiger partial charge on any atom is -0.437 e. The predicted octanol–water partition coefficient (Wildman–Crippen LogP) is 1.97. The summed E-state index contributed by atoms with van der Waals surface area (Å²) in [5.74, 6) is 1.43. The Hall–Kier alpha value is -1.82. The summed E-state index contributed by atoms with van der Waals surface area (Å²) in [5, 5.41) is 0.582. The lowest BCUT2D eigenvalue weighted by molar-refractivity contribution is 0.454. The van der Waals surface area contributed by atoms with Gasteiger partial charge < -0.3 is 10.5 Å². The maximum absolute atomic E-state index is 5.63. The molecule has 0 saturated carbocycles. The summed E-state index contributed by atoms with van der Waals surface area (Å²) < 4.78 is 5.49. The fourth-order valence-electron chi connectivity index (χ4n) is 1.09. The highest BCUT2D eigenvalue weighted by atomic mass is 32.2. The Morgan fingerprint density at radius 3 is 2.94 bits per heavy atom. The third kappa shape index (κ3) is 2.60. The van der Waals surface area contributed by atoms with E-state index in [1.807, 2.05) is 6.26 Å². The van der Waals surface area contributed by atoms with Crippen molar-refractivity contribution in [2.45, 2.75) is 5.16 Å². The fraction of sp³-hybridized carbons (Fsp3) is 0.100. The van der Waals surface area contributed by atoms with Crippen LogP contribution in [0.2, 0.25) is 0 Å². The molecule has 2 aromatic heterocycles. The summed E-state index contributed by atoms with van der Waals surface area (Å²) in [6, 6.07) is 5.16. The van der Waals surface area contributed by atoms with Crippen LogP contribution in [0, 0.1) is 0 Å². The number of nitrogens with two attached hydrogens (primary N) is 1. The molecule has 16 heavy (non-hydrogen) atoms. The number of nitrogens with zero attached hydrogens (tertiary/aromatic N) is 3. The van der Waals surface area contributed by atoms with Gasteiger partial charge in [0.25, 0.3) is 0 Å². The van der Waals surface area contributed by atoms with Crippen LogP contribution < -0.4 is 10.5 Å². The summed E-state index contributed by atoms with van der Waals surface area (Å²) in [5.41, 5.74) is 5.63. The van der Waals surface area contributed by atoms with E-state index in [-0.39, 0.29) is 0 Å². The molecule has 0 atom stereocenters. The van der Waals surface area contributed by atoms with Crippen LogP contribution in [0.15, 0.2) is 35.7 Å². The molecule has 0 radical (unpaired) electrons. The van der Waals surface area contributed by atoms with E-state index in [1.165, 1.54) is 11.8 Å². The Kier molecular flexibility index (Phi) is 3.21. The van der Waals surface area contributed by atoms with E-state index in [1.54, 1.807) is 30.6 Å². The van der Waals surface area contributed by atoms with Crippen LogP contribution in [0.4, 0.5) is 5.82 Å². The molecule has 82 valence electrons. The molecule has 5 nitrogen and oxygen atoms in total. The average molecular weight is 234 g/mol. The molecule has 2 rings (SSSR count). The quantitative estimate of drug-likeness (QED) is 0.646. The molecule has 2 heterocycles. The van der Waals surface area contributed by atoms with Crippen LogP contribution in [-0.4, -0.2) is 21.2 Å². The minimum absolute atomic E-state index is 0.387. The molecule has 0 aliphatic heterocycles. The number of nitrogen functional groups attached to an aromatic ring is 1. The Morgan fingerprint density at radius 2 is 2.25 bits per heavy atom. The van der Waals surface area contributed by atoms with E-state index >= 15 is 0 Å². The van der Waals surface area contributed by atoms with E-state index in [9.17, 15) is 0 Å². The summed E-state index contributed by atoms with van der Waals surface area (Å²) in [7, 11) is 0. The molecule has 0 spiro atoms. The second-order valence-corrected chi connectivity index (χ2v) is 3.68. The van der Waals surface area contributed by atoms with E-state index in [4.69, 9.17) is 10.5 Å². The lowest BCUT2D eigenvalue weighted by Crippen LogP contribution is -1.97. The van der Waals surface area contributed by atoms with Crippen molar-refractivity contribution in [2.75, 3.05) is 12.0 Å². The van der Waals surface area contributed by atoms with Gasteiger partial charge in [-0.3, -0.25) is 4.98 Å². The topological polar surface area (TPSA) is 73.9 Å². The van der Waals surface area contributed by atoms with Gasteiger partial charge in [0.1, 0.15) is 11.6 Å². The number of thioether (sulfide) groups is 1. The van der Waals surface area contributed by atoms with Crippen molar-refractivity contribution in [1.82, 2.24) is 15.0 Å². The van der Waals surface area contributed by atoms with Crippen molar-refractivity contribution >= 4 is 17.6 Å². The molecule has 0 amide bonds. The van der Waals surface area contributed by atoms with Crippen molar-refractivity contribution in [3.8, 4) is 11.6 Å². The number of pyridine rings is 1. The highest BCUT2D eigenvalue weighted by Crippen LogP contribution is 2.21. The van der Waals surface area contributed by atoms with Gasteiger partial charge in [0, 0.05) is 12.3 Å². The molecule has 0 fully saturated rings. The third-order valence-corrected chi connectivity index (χ3v) is 2.29. The summed E-state index contributed by atoms with van der Waals surface area (Å²) >= 11 is 1.41. The molecule has 0 saturated heterocycles. The highest BCUT2D eigenvalue weighted by molar-refractivity contribution is 7.98. The van der Waals surface area contributed by atoms with Crippen LogP contribution in [0.25, 0.3) is 0 Å². The van der Waals surface area contributed by atoms with Gasteiger partial charge in [-0.25, -0.2) is 4.98 Å². The number of hydrogen-bond acceptors (Lipinski definition) is 6. The van der Waals surface area contributed by atoms with Gasteiger partial charge in [-0.2, -0.15) is 4.98 Å².